The van der Waals surface area contributed by atoms with E-state index in [1.165, 1.54) is 34.0 Å². The van der Waals surface area contributed by atoms with Crippen molar-refractivity contribution in [1.29, 1.82) is 0 Å². The van der Waals surface area contributed by atoms with Crippen molar-refractivity contribution < 1.29 is 4.42 Å². The van der Waals surface area contributed by atoms with Gasteiger partial charge in [-0.3, -0.25) is 0 Å². The molecule has 0 unspecified atom stereocenters. The Balaban J connectivity index is 1.52. The van der Waals surface area contributed by atoms with E-state index in [1.807, 2.05) is 31.2 Å². The Hall–Kier alpha value is -2.25. The Bertz CT molecular complexity index is 1130. The molecule has 7 heteroatoms. The summed E-state index contributed by atoms with van der Waals surface area (Å²) in [5.41, 5.74) is 3.49. The van der Waals surface area contributed by atoms with Gasteiger partial charge in [0.15, 0.2) is 0 Å². The molecule has 0 amide bonds. The summed E-state index contributed by atoms with van der Waals surface area (Å²) in [5, 5.41) is 11.1. The van der Waals surface area contributed by atoms with Crippen LogP contribution < -0.4 is 0 Å². The number of thiophene rings is 1. The number of hydrogen-bond donors (Lipinski definition) is 0. The number of rotatable bonds is 3. The second-order valence-corrected chi connectivity index (χ2v) is 9.02. The van der Waals surface area contributed by atoms with Crippen molar-refractivity contribution in [2.45, 2.75) is 43.4 Å². The van der Waals surface area contributed by atoms with Gasteiger partial charge in [-0.15, -0.1) is 21.5 Å². The molecule has 0 saturated carbocycles. The normalized spacial score (nSPS) is 16.6. The highest BCUT2D eigenvalue weighted by atomic mass is 32.2. The van der Waals surface area contributed by atoms with E-state index in [4.69, 9.17) is 4.42 Å². The predicted molar refractivity (Wildman–Crippen MR) is 107 cm³/mol. The first kappa shape index (κ1) is 16.9. The standard InChI is InChI=1S/C20H18N4OS2/c1-11-7-8-14-15(9-11)26-18-16(14)19(22-10-21-18)27-20-24-23-17(25-20)13-6-4-3-5-12(13)2/h3-6,10-11H,7-9H2,1-2H3/t11-/m1/s1. The van der Waals surface area contributed by atoms with Crippen LogP contribution in [0, 0.1) is 12.8 Å². The minimum absolute atomic E-state index is 0.511. The van der Waals surface area contributed by atoms with Crippen LogP contribution in [0.25, 0.3) is 21.7 Å². The zero-order valence-corrected chi connectivity index (χ0v) is 16.7. The van der Waals surface area contributed by atoms with Crippen molar-refractivity contribution >= 4 is 33.3 Å². The van der Waals surface area contributed by atoms with Gasteiger partial charge in [0.2, 0.25) is 5.89 Å². The molecule has 1 aliphatic carbocycles. The van der Waals surface area contributed by atoms with Crippen LogP contribution in [0.5, 0.6) is 0 Å². The fourth-order valence-corrected chi connectivity index (χ4v) is 5.78. The molecule has 0 saturated heterocycles. The number of fused-ring (bicyclic) bond motifs is 3. The summed E-state index contributed by atoms with van der Waals surface area (Å²) in [4.78, 5) is 11.6. The van der Waals surface area contributed by atoms with Gasteiger partial charge in [0, 0.05) is 15.8 Å². The minimum atomic E-state index is 0.511. The Morgan fingerprint density at radius 3 is 2.96 bits per heavy atom. The highest BCUT2D eigenvalue weighted by Crippen LogP contribution is 2.42. The van der Waals surface area contributed by atoms with E-state index in [0.29, 0.717) is 11.1 Å². The van der Waals surface area contributed by atoms with Crippen molar-refractivity contribution in [2.24, 2.45) is 5.92 Å². The zero-order chi connectivity index (χ0) is 18.4. The predicted octanol–water partition coefficient (Wildman–Crippen LogP) is 5.33. The Morgan fingerprint density at radius 1 is 1.19 bits per heavy atom. The molecule has 1 atom stereocenters. The van der Waals surface area contributed by atoms with Crippen molar-refractivity contribution in [3.05, 3.63) is 46.6 Å². The van der Waals surface area contributed by atoms with E-state index in [2.05, 4.69) is 27.1 Å². The molecule has 1 aromatic carbocycles. The van der Waals surface area contributed by atoms with Gasteiger partial charge in [-0.1, -0.05) is 25.1 Å². The van der Waals surface area contributed by atoms with Crippen molar-refractivity contribution in [2.75, 3.05) is 0 Å². The molecule has 5 nitrogen and oxygen atoms in total. The van der Waals surface area contributed by atoms with Gasteiger partial charge in [0.1, 0.15) is 16.2 Å². The molecular formula is C20H18N4OS2. The molecule has 0 N–H and O–H groups in total. The number of nitrogens with zero attached hydrogens (tertiary/aromatic N) is 4. The maximum Gasteiger partial charge on any atom is 0.283 e. The van der Waals surface area contributed by atoms with Crippen LogP contribution in [0.1, 0.15) is 29.3 Å². The van der Waals surface area contributed by atoms with Gasteiger partial charge in [0.25, 0.3) is 5.22 Å². The number of benzene rings is 1. The maximum atomic E-state index is 5.92. The molecule has 3 heterocycles. The van der Waals surface area contributed by atoms with Gasteiger partial charge < -0.3 is 4.42 Å². The van der Waals surface area contributed by atoms with E-state index in [-0.39, 0.29) is 0 Å². The van der Waals surface area contributed by atoms with Gasteiger partial charge in [0.05, 0.1) is 0 Å². The van der Waals surface area contributed by atoms with Crippen LogP contribution in [0.2, 0.25) is 0 Å². The van der Waals surface area contributed by atoms with Crippen molar-refractivity contribution in [1.82, 2.24) is 20.2 Å². The smallest absolute Gasteiger partial charge is 0.283 e. The topological polar surface area (TPSA) is 64.7 Å². The number of aryl methyl sites for hydroxylation is 2. The van der Waals surface area contributed by atoms with E-state index in [0.717, 1.165) is 39.7 Å². The van der Waals surface area contributed by atoms with E-state index >= 15 is 0 Å². The zero-order valence-electron chi connectivity index (χ0n) is 15.1. The van der Waals surface area contributed by atoms with Crippen LogP contribution in [-0.4, -0.2) is 20.2 Å². The third-order valence-electron chi connectivity index (χ3n) is 5.02. The van der Waals surface area contributed by atoms with Crippen LogP contribution in [-0.2, 0) is 12.8 Å². The lowest BCUT2D eigenvalue weighted by atomic mass is 9.89. The average molecular weight is 395 g/mol. The second kappa shape index (κ2) is 6.73. The Labute approximate surface area is 165 Å². The number of aromatic nitrogens is 4. The first-order valence-corrected chi connectivity index (χ1v) is 10.6. The van der Waals surface area contributed by atoms with Crippen LogP contribution in [0.15, 0.2) is 45.3 Å². The van der Waals surface area contributed by atoms with E-state index < -0.39 is 0 Å². The quantitative estimate of drug-likeness (QED) is 0.438. The van der Waals surface area contributed by atoms with Crippen LogP contribution in [0.4, 0.5) is 0 Å². The average Bonchev–Trinajstić information content (AvgIpc) is 3.26. The molecule has 0 spiro atoms. The lowest BCUT2D eigenvalue weighted by Gasteiger charge is -2.17. The Kier molecular flexibility index (Phi) is 4.21. The molecule has 0 fully saturated rings. The molecule has 0 radical (unpaired) electrons. The van der Waals surface area contributed by atoms with Gasteiger partial charge >= 0.3 is 0 Å². The first-order valence-electron chi connectivity index (χ1n) is 9.01. The van der Waals surface area contributed by atoms with Crippen molar-refractivity contribution in [3.63, 3.8) is 0 Å². The van der Waals surface area contributed by atoms with Gasteiger partial charge in [-0.05, 0) is 61.1 Å². The lowest BCUT2D eigenvalue weighted by molar-refractivity contribution is 0.465. The lowest BCUT2D eigenvalue weighted by Crippen LogP contribution is -2.08. The van der Waals surface area contributed by atoms with Crippen LogP contribution in [0.3, 0.4) is 0 Å². The summed E-state index contributed by atoms with van der Waals surface area (Å²) < 4.78 is 5.92. The molecule has 1 aliphatic rings. The van der Waals surface area contributed by atoms with Crippen LogP contribution >= 0.6 is 23.1 Å². The summed E-state index contributed by atoms with van der Waals surface area (Å²) in [6.07, 6.45) is 5.08. The molecule has 0 aliphatic heterocycles. The fourth-order valence-electron chi connectivity index (χ4n) is 3.58. The molecule has 4 aromatic rings. The molecule has 0 bridgehead atoms. The van der Waals surface area contributed by atoms with Crippen molar-refractivity contribution in [3.8, 4) is 11.5 Å². The monoisotopic (exact) mass is 394 g/mol. The molecular weight excluding hydrogens is 376 g/mol. The fraction of sp³-hybridized carbons (Fsp3) is 0.300. The molecule has 27 heavy (non-hydrogen) atoms. The highest BCUT2D eigenvalue weighted by molar-refractivity contribution is 7.99. The molecule has 136 valence electrons. The third kappa shape index (κ3) is 3.04. The minimum Gasteiger partial charge on any atom is -0.411 e. The van der Waals surface area contributed by atoms with Gasteiger partial charge in [-0.2, -0.15) is 0 Å². The van der Waals surface area contributed by atoms with E-state index in [9.17, 15) is 0 Å². The Morgan fingerprint density at radius 2 is 2.07 bits per heavy atom. The highest BCUT2D eigenvalue weighted by Gasteiger charge is 2.24. The maximum absolute atomic E-state index is 5.92. The second-order valence-electron chi connectivity index (χ2n) is 7.00. The summed E-state index contributed by atoms with van der Waals surface area (Å²) >= 11 is 3.23. The molecule has 5 rings (SSSR count). The third-order valence-corrected chi connectivity index (χ3v) is 7.03. The molecule has 3 aromatic heterocycles. The number of hydrogen-bond acceptors (Lipinski definition) is 7. The summed E-state index contributed by atoms with van der Waals surface area (Å²) in [6, 6.07) is 8.02. The largest absolute Gasteiger partial charge is 0.411 e. The van der Waals surface area contributed by atoms with Gasteiger partial charge in [-0.25, -0.2) is 9.97 Å². The summed E-state index contributed by atoms with van der Waals surface area (Å²) in [7, 11) is 0. The SMILES string of the molecule is Cc1ccccc1-c1nnc(Sc2ncnc3sc4c(c23)CC[C@@H](C)C4)o1. The summed E-state index contributed by atoms with van der Waals surface area (Å²) in [5.74, 6) is 1.28. The first-order chi connectivity index (χ1) is 13.2. The van der Waals surface area contributed by atoms with E-state index in [1.54, 1.807) is 17.7 Å². The summed E-state index contributed by atoms with van der Waals surface area (Å²) in [6.45, 7) is 4.36.